The van der Waals surface area contributed by atoms with E-state index in [-0.39, 0.29) is 0 Å². The number of aryl methyl sites for hydroxylation is 1. The minimum absolute atomic E-state index is 0.315. The zero-order valence-electron chi connectivity index (χ0n) is 12.4. The Balaban J connectivity index is 2.30. The molecule has 0 unspecified atom stereocenters. The Hall–Kier alpha value is -1.25. The van der Waals surface area contributed by atoms with E-state index in [1.807, 2.05) is 13.8 Å². The summed E-state index contributed by atoms with van der Waals surface area (Å²) in [4.78, 5) is 0. The van der Waals surface area contributed by atoms with E-state index in [2.05, 4.69) is 10.2 Å². The fourth-order valence-corrected chi connectivity index (χ4v) is 4.89. The van der Waals surface area contributed by atoms with Crippen LogP contribution >= 0.6 is 11.3 Å². The van der Waals surface area contributed by atoms with Crippen LogP contribution in [0.15, 0.2) is 20.1 Å². The second-order valence-corrected chi connectivity index (χ2v) is 7.76. The molecule has 0 spiro atoms. The van der Waals surface area contributed by atoms with Gasteiger partial charge in [-0.1, -0.05) is 13.8 Å². The number of rotatable bonds is 7. The van der Waals surface area contributed by atoms with Gasteiger partial charge < -0.3 is 4.42 Å². The van der Waals surface area contributed by atoms with E-state index in [9.17, 15) is 8.42 Å². The molecule has 0 aliphatic rings. The van der Waals surface area contributed by atoms with Gasteiger partial charge in [-0.3, -0.25) is 0 Å². The van der Waals surface area contributed by atoms with Crippen LogP contribution < -0.4 is 0 Å². The van der Waals surface area contributed by atoms with Gasteiger partial charge >= 0.3 is 0 Å². The van der Waals surface area contributed by atoms with Crippen molar-refractivity contribution in [3.63, 3.8) is 0 Å². The van der Waals surface area contributed by atoms with Crippen LogP contribution in [0.1, 0.15) is 32.6 Å². The van der Waals surface area contributed by atoms with Crippen LogP contribution in [0.5, 0.6) is 0 Å². The largest absolute Gasteiger partial charge is 0.421 e. The number of aromatic nitrogens is 2. The van der Waals surface area contributed by atoms with Gasteiger partial charge in [-0.15, -0.1) is 21.5 Å². The molecule has 0 aliphatic carbocycles. The summed E-state index contributed by atoms with van der Waals surface area (Å²) in [5.41, 5.74) is 0.645. The molecule has 0 N–H and O–H groups in total. The van der Waals surface area contributed by atoms with Crippen molar-refractivity contribution in [2.24, 2.45) is 0 Å². The Labute approximate surface area is 128 Å². The standard InChI is InChI=1S/C13H19N3O3S2/c1-4-6-16(7-5-2)21(17,18)12-8-11(9-20-12)13-15-14-10(3)19-13/h8-9H,4-7H2,1-3H3. The number of nitrogens with zero attached hydrogens (tertiary/aromatic N) is 3. The Morgan fingerprint density at radius 3 is 2.43 bits per heavy atom. The molecule has 0 radical (unpaired) electrons. The summed E-state index contributed by atoms with van der Waals surface area (Å²) in [7, 11) is -3.44. The summed E-state index contributed by atoms with van der Waals surface area (Å²) < 4.78 is 32.4. The average Bonchev–Trinajstić information content (AvgIpc) is 3.07. The third-order valence-electron chi connectivity index (χ3n) is 2.89. The lowest BCUT2D eigenvalue weighted by atomic mass is 10.3. The fraction of sp³-hybridized carbons (Fsp3) is 0.538. The summed E-state index contributed by atoms with van der Waals surface area (Å²) in [6.45, 7) is 6.70. The fourth-order valence-electron chi connectivity index (χ4n) is 1.96. The van der Waals surface area contributed by atoms with Gasteiger partial charge in [0.25, 0.3) is 10.0 Å². The summed E-state index contributed by atoms with van der Waals surface area (Å²) in [6, 6.07) is 1.60. The molecule has 0 atom stereocenters. The van der Waals surface area contributed by atoms with Gasteiger partial charge in [-0.2, -0.15) is 4.31 Å². The molecule has 0 bridgehead atoms. The molecule has 2 rings (SSSR count). The van der Waals surface area contributed by atoms with Gasteiger partial charge in [0.2, 0.25) is 11.8 Å². The molecule has 2 aromatic heterocycles. The summed E-state index contributed by atoms with van der Waals surface area (Å²) >= 11 is 1.18. The number of hydrogen-bond donors (Lipinski definition) is 0. The minimum Gasteiger partial charge on any atom is -0.421 e. The Morgan fingerprint density at radius 1 is 1.24 bits per heavy atom. The zero-order chi connectivity index (χ0) is 15.5. The predicted octanol–water partition coefficient (Wildman–Crippen LogP) is 2.92. The van der Waals surface area contributed by atoms with Crippen LogP contribution in [0.4, 0.5) is 0 Å². The molecular formula is C13H19N3O3S2. The second kappa shape index (κ2) is 6.67. The van der Waals surface area contributed by atoms with Gasteiger partial charge in [-0.05, 0) is 18.9 Å². The first-order valence-corrected chi connectivity index (χ1v) is 9.20. The molecule has 21 heavy (non-hydrogen) atoms. The van der Waals surface area contributed by atoms with E-state index < -0.39 is 10.0 Å². The van der Waals surface area contributed by atoms with Crippen LogP contribution in [-0.2, 0) is 10.0 Å². The molecule has 0 aliphatic heterocycles. The Morgan fingerprint density at radius 2 is 1.90 bits per heavy atom. The molecule has 116 valence electrons. The van der Waals surface area contributed by atoms with Crippen LogP contribution in [0, 0.1) is 6.92 Å². The van der Waals surface area contributed by atoms with E-state index in [0.29, 0.717) is 34.6 Å². The first-order valence-electron chi connectivity index (χ1n) is 6.88. The average molecular weight is 329 g/mol. The van der Waals surface area contributed by atoms with Crippen molar-refractivity contribution < 1.29 is 12.8 Å². The van der Waals surface area contributed by atoms with E-state index in [4.69, 9.17) is 4.42 Å². The lowest BCUT2D eigenvalue weighted by Gasteiger charge is -2.19. The first kappa shape index (κ1) is 16.1. The smallest absolute Gasteiger partial charge is 0.252 e. The van der Waals surface area contributed by atoms with Crippen molar-refractivity contribution in [1.29, 1.82) is 0 Å². The van der Waals surface area contributed by atoms with Crippen molar-refractivity contribution in [3.8, 4) is 11.5 Å². The van der Waals surface area contributed by atoms with Crippen molar-refractivity contribution in [2.45, 2.75) is 37.8 Å². The molecule has 8 heteroatoms. The molecule has 0 saturated carbocycles. The highest BCUT2D eigenvalue weighted by molar-refractivity contribution is 7.91. The van der Waals surface area contributed by atoms with Crippen LogP contribution in [0.2, 0.25) is 0 Å². The normalized spacial score (nSPS) is 12.2. The summed E-state index contributed by atoms with van der Waals surface area (Å²) in [5, 5.41) is 9.40. The maximum atomic E-state index is 12.6. The topological polar surface area (TPSA) is 76.3 Å². The highest BCUT2D eigenvalue weighted by Crippen LogP contribution is 2.29. The molecule has 0 saturated heterocycles. The van der Waals surface area contributed by atoms with E-state index in [1.165, 1.54) is 15.6 Å². The van der Waals surface area contributed by atoms with E-state index >= 15 is 0 Å². The van der Waals surface area contributed by atoms with Crippen LogP contribution in [0.3, 0.4) is 0 Å². The van der Waals surface area contributed by atoms with Crippen molar-refractivity contribution >= 4 is 21.4 Å². The third-order valence-corrected chi connectivity index (χ3v) is 6.20. The molecule has 2 aromatic rings. The number of hydrogen-bond acceptors (Lipinski definition) is 6. The van der Waals surface area contributed by atoms with E-state index in [1.54, 1.807) is 18.4 Å². The van der Waals surface area contributed by atoms with Gasteiger partial charge in [-0.25, -0.2) is 8.42 Å². The molecular weight excluding hydrogens is 310 g/mol. The van der Waals surface area contributed by atoms with Crippen molar-refractivity contribution in [2.75, 3.05) is 13.1 Å². The van der Waals surface area contributed by atoms with Crippen molar-refractivity contribution in [3.05, 3.63) is 17.3 Å². The lowest BCUT2D eigenvalue weighted by Crippen LogP contribution is -2.32. The molecule has 2 heterocycles. The van der Waals surface area contributed by atoms with Crippen LogP contribution in [-0.4, -0.2) is 36.0 Å². The highest BCUT2D eigenvalue weighted by atomic mass is 32.2. The maximum Gasteiger partial charge on any atom is 0.252 e. The van der Waals surface area contributed by atoms with Gasteiger partial charge in [0, 0.05) is 25.4 Å². The van der Waals surface area contributed by atoms with Crippen LogP contribution in [0.25, 0.3) is 11.5 Å². The van der Waals surface area contributed by atoms with Gasteiger partial charge in [0.1, 0.15) is 4.21 Å². The Bertz CT molecular complexity index is 685. The van der Waals surface area contributed by atoms with Crippen molar-refractivity contribution in [1.82, 2.24) is 14.5 Å². The zero-order valence-corrected chi connectivity index (χ0v) is 14.0. The van der Waals surface area contributed by atoms with E-state index in [0.717, 1.165) is 12.8 Å². The summed E-state index contributed by atoms with van der Waals surface area (Å²) in [5.74, 6) is 0.807. The second-order valence-electron chi connectivity index (χ2n) is 4.68. The SMILES string of the molecule is CCCN(CCC)S(=O)(=O)c1cc(-c2nnc(C)o2)cs1. The Kier molecular flexibility index (Phi) is 5.13. The van der Waals surface area contributed by atoms with Gasteiger partial charge in [0.15, 0.2) is 0 Å². The quantitative estimate of drug-likeness (QED) is 0.780. The molecule has 0 fully saturated rings. The summed E-state index contributed by atoms with van der Waals surface area (Å²) in [6.07, 6.45) is 1.58. The maximum absolute atomic E-state index is 12.6. The molecule has 0 aromatic carbocycles. The monoisotopic (exact) mass is 329 g/mol. The number of sulfonamides is 1. The number of thiophene rings is 1. The molecule has 0 amide bonds. The molecule has 6 nitrogen and oxygen atoms in total. The third kappa shape index (κ3) is 3.50. The minimum atomic E-state index is -3.44. The lowest BCUT2D eigenvalue weighted by molar-refractivity contribution is 0.411. The van der Waals surface area contributed by atoms with Gasteiger partial charge in [0.05, 0.1) is 5.56 Å². The first-order chi connectivity index (χ1) is 9.98. The predicted molar refractivity (Wildman–Crippen MR) is 81.7 cm³/mol. The highest BCUT2D eigenvalue weighted by Gasteiger charge is 2.25.